The smallest absolute Gasteiger partial charge is 0.252 e. The van der Waals surface area contributed by atoms with Gasteiger partial charge in [-0.25, -0.2) is 4.98 Å². The maximum absolute atomic E-state index is 12.8. The van der Waals surface area contributed by atoms with E-state index in [4.69, 9.17) is 0 Å². The van der Waals surface area contributed by atoms with Crippen LogP contribution in [0.4, 0.5) is 0 Å². The van der Waals surface area contributed by atoms with E-state index < -0.39 is 6.04 Å². The summed E-state index contributed by atoms with van der Waals surface area (Å²) in [6.07, 6.45) is 3.81. The van der Waals surface area contributed by atoms with Crippen LogP contribution in [0.25, 0.3) is 0 Å². The number of carbonyl (C=O) groups excluding carboxylic acids is 2. The molecule has 2 aliphatic heterocycles. The lowest BCUT2D eigenvalue weighted by Crippen LogP contribution is -2.57. The number of nitrogens with zero attached hydrogens (tertiary/aromatic N) is 5. The van der Waals surface area contributed by atoms with E-state index in [1.807, 2.05) is 27.8 Å². The zero-order chi connectivity index (χ0) is 17.9. The minimum Gasteiger partial charge on any atom is -0.340 e. The van der Waals surface area contributed by atoms with Gasteiger partial charge in [-0.3, -0.25) is 19.2 Å². The van der Waals surface area contributed by atoms with Crippen molar-refractivity contribution in [3.05, 3.63) is 48.0 Å². The lowest BCUT2D eigenvalue weighted by atomic mass is 9.94. The minimum atomic E-state index is -0.459. The molecule has 0 radical (unpaired) electrons. The molecule has 0 spiro atoms. The molecule has 1 atom stereocenters. The second-order valence-electron chi connectivity index (χ2n) is 6.71. The van der Waals surface area contributed by atoms with Gasteiger partial charge in [0, 0.05) is 44.7 Å². The zero-order valence-electron chi connectivity index (χ0n) is 14.5. The van der Waals surface area contributed by atoms with Crippen molar-refractivity contribution in [1.82, 2.24) is 29.9 Å². The molecule has 3 heterocycles. The molecule has 0 unspecified atom stereocenters. The molecule has 2 aliphatic rings. The largest absolute Gasteiger partial charge is 0.340 e. The van der Waals surface area contributed by atoms with E-state index in [9.17, 15) is 9.59 Å². The van der Waals surface area contributed by atoms with Crippen molar-refractivity contribution in [2.24, 2.45) is 0 Å². The molecule has 1 aromatic carbocycles. The highest BCUT2D eigenvalue weighted by atomic mass is 16.2. The Bertz CT molecular complexity index is 783. The predicted octanol–water partition coefficient (Wildman–Crippen LogP) is -0.223. The first-order valence-corrected chi connectivity index (χ1v) is 8.93. The van der Waals surface area contributed by atoms with Gasteiger partial charge in [0.1, 0.15) is 18.7 Å². The number of amides is 2. The number of carbonyl (C=O) groups is 2. The van der Waals surface area contributed by atoms with E-state index in [1.54, 1.807) is 12.4 Å². The highest BCUT2D eigenvalue weighted by Gasteiger charge is 2.32. The maximum Gasteiger partial charge on any atom is 0.252 e. The van der Waals surface area contributed by atoms with Gasteiger partial charge in [0.15, 0.2) is 0 Å². The van der Waals surface area contributed by atoms with Crippen molar-refractivity contribution < 1.29 is 9.59 Å². The second-order valence-corrected chi connectivity index (χ2v) is 6.71. The van der Waals surface area contributed by atoms with Crippen LogP contribution >= 0.6 is 0 Å². The van der Waals surface area contributed by atoms with Crippen LogP contribution in [-0.2, 0) is 17.8 Å². The van der Waals surface area contributed by atoms with Crippen LogP contribution in [-0.4, -0.2) is 75.1 Å². The molecule has 136 valence electrons. The average molecular weight is 354 g/mol. The summed E-state index contributed by atoms with van der Waals surface area (Å²) in [5.41, 5.74) is 1.62. The summed E-state index contributed by atoms with van der Waals surface area (Å²) in [5, 5.41) is 6.97. The minimum absolute atomic E-state index is 0.0174. The molecule has 1 saturated heterocycles. The average Bonchev–Trinajstić information content (AvgIpc) is 3.20. The Morgan fingerprint density at radius 2 is 1.96 bits per heavy atom. The Kier molecular flexibility index (Phi) is 4.66. The molecule has 26 heavy (non-hydrogen) atoms. The van der Waals surface area contributed by atoms with Crippen molar-refractivity contribution >= 4 is 11.8 Å². The SMILES string of the molecule is O=C1N[C@@H](C(=O)N2CCN(CCn3cncn3)CC2)Cc2ccccc21. The normalized spacial score (nSPS) is 20.5. The van der Waals surface area contributed by atoms with Gasteiger partial charge in [-0.1, -0.05) is 18.2 Å². The molecule has 1 fully saturated rings. The number of nitrogens with one attached hydrogen (secondary N) is 1. The van der Waals surface area contributed by atoms with Crippen LogP contribution in [0.3, 0.4) is 0 Å². The van der Waals surface area contributed by atoms with Crippen molar-refractivity contribution in [3.63, 3.8) is 0 Å². The summed E-state index contributed by atoms with van der Waals surface area (Å²) < 4.78 is 1.81. The molecular weight excluding hydrogens is 332 g/mol. The molecule has 4 rings (SSSR count). The van der Waals surface area contributed by atoms with Gasteiger partial charge in [0.25, 0.3) is 5.91 Å². The molecule has 1 N–H and O–H groups in total. The fourth-order valence-electron chi connectivity index (χ4n) is 3.58. The molecular formula is C18H22N6O2. The Morgan fingerprint density at radius 3 is 2.73 bits per heavy atom. The molecule has 1 aromatic heterocycles. The molecule has 2 amide bonds. The summed E-state index contributed by atoms with van der Waals surface area (Å²) in [6.45, 7) is 4.71. The van der Waals surface area contributed by atoms with Gasteiger partial charge in [0.2, 0.25) is 5.91 Å². The van der Waals surface area contributed by atoms with Crippen molar-refractivity contribution in [2.75, 3.05) is 32.7 Å². The van der Waals surface area contributed by atoms with Crippen molar-refractivity contribution in [2.45, 2.75) is 19.0 Å². The molecule has 2 aromatic rings. The number of fused-ring (bicyclic) bond motifs is 1. The summed E-state index contributed by atoms with van der Waals surface area (Å²) in [7, 11) is 0. The van der Waals surface area contributed by atoms with E-state index in [0.29, 0.717) is 25.1 Å². The van der Waals surface area contributed by atoms with Crippen molar-refractivity contribution in [1.29, 1.82) is 0 Å². The van der Waals surface area contributed by atoms with Crippen LogP contribution in [0.5, 0.6) is 0 Å². The third-order valence-corrected chi connectivity index (χ3v) is 5.09. The molecule has 8 heteroatoms. The Morgan fingerprint density at radius 1 is 1.15 bits per heavy atom. The van der Waals surface area contributed by atoms with E-state index >= 15 is 0 Å². The number of hydrogen-bond donors (Lipinski definition) is 1. The van der Waals surface area contributed by atoms with Gasteiger partial charge in [-0.2, -0.15) is 5.10 Å². The quantitative estimate of drug-likeness (QED) is 0.821. The van der Waals surface area contributed by atoms with E-state index in [0.717, 1.165) is 31.7 Å². The summed E-state index contributed by atoms with van der Waals surface area (Å²) >= 11 is 0. The number of aromatic nitrogens is 3. The Balaban J connectivity index is 1.30. The van der Waals surface area contributed by atoms with Gasteiger partial charge < -0.3 is 10.2 Å². The number of hydrogen-bond acceptors (Lipinski definition) is 5. The first-order chi connectivity index (χ1) is 12.7. The monoisotopic (exact) mass is 354 g/mol. The summed E-state index contributed by atoms with van der Waals surface area (Å²) in [4.78, 5) is 33.2. The van der Waals surface area contributed by atoms with Crippen LogP contribution in [0.15, 0.2) is 36.9 Å². The molecule has 0 aliphatic carbocycles. The molecule has 0 bridgehead atoms. The summed E-state index contributed by atoms with van der Waals surface area (Å²) in [6, 6.07) is 7.03. The van der Waals surface area contributed by atoms with Gasteiger partial charge in [0.05, 0.1) is 6.54 Å². The topological polar surface area (TPSA) is 83.4 Å². The standard InChI is InChI=1S/C18H22N6O2/c25-17-15-4-2-1-3-14(15)11-16(21-17)18(26)23-8-5-22(6-9-23)7-10-24-13-19-12-20-24/h1-4,12-13,16H,5-11H2,(H,21,25)/t16-/m1/s1. The van der Waals surface area contributed by atoms with Gasteiger partial charge in [-0.15, -0.1) is 0 Å². The Hall–Kier alpha value is -2.74. The summed E-state index contributed by atoms with van der Waals surface area (Å²) in [5.74, 6) is -0.138. The van der Waals surface area contributed by atoms with Crippen LogP contribution in [0.1, 0.15) is 15.9 Å². The molecule has 8 nitrogen and oxygen atoms in total. The highest BCUT2D eigenvalue weighted by Crippen LogP contribution is 2.18. The number of benzene rings is 1. The fourth-order valence-corrected chi connectivity index (χ4v) is 3.58. The predicted molar refractivity (Wildman–Crippen MR) is 94.4 cm³/mol. The third-order valence-electron chi connectivity index (χ3n) is 5.09. The van der Waals surface area contributed by atoms with E-state index in [2.05, 4.69) is 20.3 Å². The van der Waals surface area contributed by atoms with E-state index in [-0.39, 0.29) is 11.8 Å². The number of piperazine rings is 1. The third kappa shape index (κ3) is 3.45. The van der Waals surface area contributed by atoms with Crippen LogP contribution < -0.4 is 5.32 Å². The van der Waals surface area contributed by atoms with E-state index in [1.165, 1.54) is 6.33 Å². The van der Waals surface area contributed by atoms with Gasteiger partial charge >= 0.3 is 0 Å². The van der Waals surface area contributed by atoms with Crippen LogP contribution in [0.2, 0.25) is 0 Å². The highest BCUT2D eigenvalue weighted by molar-refractivity contribution is 6.00. The fraction of sp³-hybridized carbons (Fsp3) is 0.444. The number of rotatable bonds is 4. The lowest BCUT2D eigenvalue weighted by Gasteiger charge is -2.37. The van der Waals surface area contributed by atoms with Crippen molar-refractivity contribution in [3.8, 4) is 0 Å². The lowest BCUT2D eigenvalue weighted by molar-refractivity contribution is -0.135. The van der Waals surface area contributed by atoms with Crippen LogP contribution in [0, 0.1) is 0 Å². The second kappa shape index (κ2) is 7.25. The molecule has 0 saturated carbocycles. The van der Waals surface area contributed by atoms with Gasteiger partial charge in [-0.05, 0) is 11.6 Å². The zero-order valence-corrected chi connectivity index (χ0v) is 14.5. The first-order valence-electron chi connectivity index (χ1n) is 8.93. The maximum atomic E-state index is 12.8. The first kappa shape index (κ1) is 16.7. The Labute approximate surface area is 151 Å².